The first-order valence-electron chi connectivity index (χ1n) is 7.17. The number of nitrogens with zero attached hydrogens (tertiary/aromatic N) is 2. The molecule has 1 aromatic heterocycles. The summed E-state index contributed by atoms with van der Waals surface area (Å²) in [4.78, 5) is 19.7. The number of nitrogens with one attached hydrogen (secondary N) is 2. The zero-order valence-corrected chi connectivity index (χ0v) is 13.5. The summed E-state index contributed by atoms with van der Waals surface area (Å²) < 4.78 is 26.9. The third kappa shape index (κ3) is 4.83. The van der Waals surface area contributed by atoms with E-state index in [9.17, 15) is 13.2 Å². The van der Waals surface area contributed by atoms with Crippen molar-refractivity contribution in [3.8, 4) is 0 Å². The smallest absolute Gasteiger partial charge is 0.240 e. The molecule has 0 bridgehead atoms. The van der Waals surface area contributed by atoms with Crippen LogP contribution in [0.4, 0.5) is 5.95 Å². The molecule has 0 saturated heterocycles. The van der Waals surface area contributed by atoms with Crippen molar-refractivity contribution in [2.24, 2.45) is 0 Å². The van der Waals surface area contributed by atoms with Crippen LogP contribution in [0.2, 0.25) is 0 Å². The average molecular weight is 334 g/mol. The number of Topliss-reactive ketones (excluding diaryl/α,β-unsaturated/α-hetero) is 1. The number of benzene rings is 1. The molecule has 0 amide bonds. The highest BCUT2D eigenvalue weighted by molar-refractivity contribution is 7.89. The Morgan fingerprint density at radius 1 is 1.13 bits per heavy atom. The van der Waals surface area contributed by atoms with Crippen LogP contribution < -0.4 is 10.0 Å². The second kappa shape index (κ2) is 7.80. The van der Waals surface area contributed by atoms with Gasteiger partial charge in [-0.25, -0.2) is 23.1 Å². The van der Waals surface area contributed by atoms with Crippen LogP contribution in [0.25, 0.3) is 0 Å². The van der Waals surface area contributed by atoms with Crippen molar-refractivity contribution < 1.29 is 13.2 Å². The van der Waals surface area contributed by atoms with Crippen molar-refractivity contribution in [3.63, 3.8) is 0 Å². The molecule has 2 rings (SSSR count). The lowest BCUT2D eigenvalue weighted by Crippen LogP contribution is -2.29. The van der Waals surface area contributed by atoms with Crippen molar-refractivity contribution in [1.82, 2.24) is 14.7 Å². The van der Waals surface area contributed by atoms with E-state index >= 15 is 0 Å². The molecule has 0 aliphatic heterocycles. The van der Waals surface area contributed by atoms with Crippen LogP contribution in [0, 0.1) is 0 Å². The van der Waals surface area contributed by atoms with Gasteiger partial charge < -0.3 is 5.32 Å². The first kappa shape index (κ1) is 17.0. The monoisotopic (exact) mass is 334 g/mol. The average Bonchev–Trinajstić information content (AvgIpc) is 2.59. The Kier molecular flexibility index (Phi) is 5.78. The second-order valence-electron chi connectivity index (χ2n) is 4.70. The summed E-state index contributed by atoms with van der Waals surface area (Å²) >= 11 is 0. The molecule has 0 unspecified atom stereocenters. The van der Waals surface area contributed by atoms with Crippen LogP contribution in [0.15, 0.2) is 47.6 Å². The summed E-state index contributed by atoms with van der Waals surface area (Å²) in [6.07, 6.45) is 3.52. The van der Waals surface area contributed by atoms with E-state index in [1.165, 1.54) is 12.1 Å². The third-order valence-corrected chi connectivity index (χ3v) is 4.51. The Bertz CT molecular complexity index is 763. The van der Waals surface area contributed by atoms with Crippen molar-refractivity contribution >= 4 is 21.8 Å². The number of aromatic nitrogens is 2. The molecule has 0 aliphatic carbocycles. The summed E-state index contributed by atoms with van der Waals surface area (Å²) in [5, 5.41) is 2.90. The maximum Gasteiger partial charge on any atom is 0.240 e. The van der Waals surface area contributed by atoms with Gasteiger partial charge in [-0.05, 0) is 18.2 Å². The highest BCUT2D eigenvalue weighted by Gasteiger charge is 2.15. The summed E-state index contributed by atoms with van der Waals surface area (Å²) in [6.45, 7) is 2.25. The normalized spacial score (nSPS) is 11.2. The van der Waals surface area contributed by atoms with Crippen molar-refractivity contribution in [2.75, 3.05) is 18.4 Å². The molecule has 0 saturated carbocycles. The van der Waals surface area contributed by atoms with Crippen molar-refractivity contribution in [2.45, 2.75) is 18.2 Å². The van der Waals surface area contributed by atoms with E-state index in [1.54, 1.807) is 37.5 Å². The fraction of sp³-hybridized carbons (Fsp3) is 0.267. The van der Waals surface area contributed by atoms with Crippen LogP contribution in [-0.2, 0) is 10.0 Å². The lowest BCUT2D eigenvalue weighted by atomic mass is 10.1. The fourth-order valence-electron chi connectivity index (χ4n) is 1.87. The Hall–Kier alpha value is -2.32. The summed E-state index contributed by atoms with van der Waals surface area (Å²) in [5.41, 5.74) is 0.395. The molecule has 122 valence electrons. The van der Waals surface area contributed by atoms with E-state index < -0.39 is 10.0 Å². The van der Waals surface area contributed by atoms with Gasteiger partial charge in [0, 0.05) is 37.5 Å². The zero-order chi connectivity index (χ0) is 16.7. The minimum Gasteiger partial charge on any atom is -0.353 e. The van der Waals surface area contributed by atoms with Gasteiger partial charge in [0.05, 0.1) is 4.90 Å². The Morgan fingerprint density at radius 3 is 2.57 bits per heavy atom. The predicted molar refractivity (Wildman–Crippen MR) is 86.8 cm³/mol. The Morgan fingerprint density at radius 2 is 1.87 bits per heavy atom. The SMILES string of the molecule is CCC(=O)c1cccc(S(=O)(=O)NCCNc2ncccn2)c1. The van der Waals surface area contributed by atoms with E-state index in [0.717, 1.165) is 0 Å². The zero-order valence-electron chi connectivity index (χ0n) is 12.7. The van der Waals surface area contributed by atoms with Crippen LogP contribution in [-0.4, -0.2) is 37.3 Å². The first-order chi connectivity index (χ1) is 11.0. The quantitative estimate of drug-likeness (QED) is 0.560. The molecule has 0 radical (unpaired) electrons. The molecular weight excluding hydrogens is 316 g/mol. The van der Waals surface area contributed by atoms with Crippen molar-refractivity contribution in [3.05, 3.63) is 48.3 Å². The highest BCUT2D eigenvalue weighted by atomic mass is 32.2. The van der Waals surface area contributed by atoms with Gasteiger partial charge in [0.2, 0.25) is 16.0 Å². The van der Waals surface area contributed by atoms with E-state index in [1.807, 2.05) is 0 Å². The van der Waals surface area contributed by atoms with E-state index in [-0.39, 0.29) is 17.2 Å². The van der Waals surface area contributed by atoms with Crippen LogP contribution in [0.5, 0.6) is 0 Å². The molecule has 2 aromatic rings. The number of ketones is 1. The van der Waals surface area contributed by atoms with Crippen molar-refractivity contribution in [1.29, 1.82) is 0 Å². The summed E-state index contributed by atoms with van der Waals surface area (Å²) in [5.74, 6) is 0.340. The second-order valence-corrected chi connectivity index (χ2v) is 6.47. The summed E-state index contributed by atoms with van der Waals surface area (Å²) in [6, 6.07) is 7.72. The number of anilines is 1. The van der Waals surface area contributed by atoms with Gasteiger partial charge in [-0.15, -0.1) is 0 Å². The number of carbonyl (C=O) groups is 1. The minimum atomic E-state index is -3.66. The van der Waals surface area contributed by atoms with Crippen LogP contribution >= 0.6 is 0 Å². The number of hydrogen-bond donors (Lipinski definition) is 2. The number of carbonyl (C=O) groups excluding carboxylic acids is 1. The molecule has 7 nitrogen and oxygen atoms in total. The maximum atomic E-state index is 12.2. The Labute approximate surface area is 135 Å². The topological polar surface area (TPSA) is 101 Å². The van der Waals surface area contributed by atoms with Gasteiger partial charge in [0.15, 0.2) is 5.78 Å². The molecule has 0 spiro atoms. The minimum absolute atomic E-state index is 0.0766. The van der Waals surface area contributed by atoms with E-state index in [2.05, 4.69) is 20.0 Å². The van der Waals surface area contributed by atoms with Gasteiger partial charge in [-0.3, -0.25) is 4.79 Å². The number of rotatable bonds is 8. The summed E-state index contributed by atoms with van der Waals surface area (Å²) in [7, 11) is -3.66. The number of hydrogen-bond acceptors (Lipinski definition) is 6. The van der Waals surface area contributed by atoms with Gasteiger partial charge in [0.25, 0.3) is 0 Å². The molecule has 2 N–H and O–H groups in total. The largest absolute Gasteiger partial charge is 0.353 e. The Balaban J connectivity index is 1.95. The molecule has 1 heterocycles. The van der Waals surface area contributed by atoms with Gasteiger partial charge in [0.1, 0.15) is 0 Å². The molecule has 0 atom stereocenters. The van der Waals surface area contributed by atoms with Gasteiger partial charge in [-0.2, -0.15) is 0 Å². The van der Waals surface area contributed by atoms with Crippen LogP contribution in [0.3, 0.4) is 0 Å². The molecular formula is C15H18N4O3S. The van der Waals surface area contributed by atoms with E-state index in [4.69, 9.17) is 0 Å². The lowest BCUT2D eigenvalue weighted by molar-refractivity contribution is 0.0988. The fourth-order valence-corrected chi connectivity index (χ4v) is 2.95. The van der Waals surface area contributed by atoms with Gasteiger partial charge in [-0.1, -0.05) is 19.1 Å². The number of sulfonamides is 1. The molecule has 1 aromatic carbocycles. The standard InChI is InChI=1S/C15H18N4O3S/c1-2-14(20)12-5-3-6-13(11-12)23(21,22)19-10-9-18-15-16-7-4-8-17-15/h3-8,11,19H,2,9-10H2,1H3,(H,16,17,18). The lowest BCUT2D eigenvalue weighted by Gasteiger charge is -2.08. The van der Waals surface area contributed by atoms with Gasteiger partial charge >= 0.3 is 0 Å². The molecule has 23 heavy (non-hydrogen) atoms. The molecule has 0 fully saturated rings. The third-order valence-electron chi connectivity index (χ3n) is 3.05. The van der Waals surface area contributed by atoms with E-state index in [0.29, 0.717) is 24.5 Å². The molecule has 0 aliphatic rings. The van der Waals surface area contributed by atoms with Crippen LogP contribution in [0.1, 0.15) is 23.7 Å². The maximum absolute atomic E-state index is 12.2. The molecule has 8 heteroatoms. The first-order valence-corrected chi connectivity index (χ1v) is 8.65. The predicted octanol–water partition coefficient (Wildman–Crippen LogP) is 1.46. The highest BCUT2D eigenvalue weighted by Crippen LogP contribution is 2.12.